The van der Waals surface area contributed by atoms with Gasteiger partial charge in [-0.3, -0.25) is 4.99 Å². The third-order valence-electron chi connectivity index (χ3n) is 4.10. The number of nitrogens with zero attached hydrogens (tertiary/aromatic N) is 3. The fourth-order valence-corrected chi connectivity index (χ4v) is 3.38. The smallest absolute Gasteiger partial charge is 0.194 e. The van der Waals surface area contributed by atoms with E-state index in [-0.39, 0.29) is 24.0 Å². The quantitative estimate of drug-likeness (QED) is 0.234. The molecule has 2 rings (SSSR count). The number of methoxy groups -OCH3 is 2. The number of thiazole rings is 1. The summed E-state index contributed by atoms with van der Waals surface area (Å²) in [4.78, 5) is 11.4. The van der Waals surface area contributed by atoms with E-state index in [0.29, 0.717) is 0 Å². The van der Waals surface area contributed by atoms with E-state index in [1.165, 1.54) is 5.56 Å². The van der Waals surface area contributed by atoms with Crippen molar-refractivity contribution < 1.29 is 9.47 Å². The Labute approximate surface area is 189 Å². The van der Waals surface area contributed by atoms with Gasteiger partial charge >= 0.3 is 0 Å². The zero-order chi connectivity index (χ0) is 19.6. The lowest BCUT2D eigenvalue weighted by Crippen LogP contribution is -2.38. The number of hydrogen-bond donors (Lipinski definition) is 1. The summed E-state index contributed by atoms with van der Waals surface area (Å²) >= 11 is 1.68. The molecule has 156 valence electrons. The Kier molecular flexibility index (Phi) is 11.2. The number of aromatic nitrogens is 1. The molecule has 28 heavy (non-hydrogen) atoms. The van der Waals surface area contributed by atoms with Gasteiger partial charge < -0.3 is 19.7 Å². The van der Waals surface area contributed by atoms with E-state index in [1.807, 2.05) is 26.1 Å². The summed E-state index contributed by atoms with van der Waals surface area (Å²) in [5.74, 6) is 2.44. The zero-order valence-electron chi connectivity index (χ0n) is 17.3. The minimum Gasteiger partial charge on any atom is -0.493 e. The molecule has 8 heteroatoms. The first-order valence-corrected chi connectivity index (χ1v) is 10.1. The summed E-state index contributed by atoms with van der Waals surface area (Å²) in [6, 6.07) is 6.06. The molecule has 0 aliphatic heterocycles. The van der Waals surface area contributed by atoms with E-state index in [2.05, 4.69) is 33.6 Å². The van der Waals surface area contributed by atoms with Gasteiger partial charge in [-0.15, -0.1) is 35.3 Å². The van der Waals surface area contributed by atoms with Gasteiger partial charge in [0.2, 0.25) is 0 Å². The normalized spacial score (nSPS) is 11.0. The SMILES string of the molecule is CCNC(=NCCCc1ccc(OC)c(OC)c1)N(C)Cc1csc(C)n1.I. The minimum absolute atomic E-state index is 0. The number of aliphatic imine (C=N–C) groups is 1. The lowest BCUT2D eigenvalue weighted by Gasteiger charge is -2.21. The van der Waals surface area contributed by atoms with Gasteiger partial charge in [0.15, 0.2) is 17.5 Å². The van der Waals surface area contributed by atoms with Crippen LogP contribution in [0.3, 0.4) is 0 Å². The second-order valence-electron chi connectivity index (χ2n) is 6.24. The summed E-state index contributed by atoms with van der Waals surface area (Å²) in [5.41, 5.74) is 2.30. The molecule has 0 amide bonds. The Hall–Kier alpha value is -1.55. The van der Waals surface area contributed by atoms with Gasteiger partial charge in [-0.2, -0.15) is 0 Å². The van der Waals surface area contributed by atoms with Crippen LogP contribution in [0.5, 0.6) is 11.5 Å². The molecule has 6 nitrogen and oxygen atoms in total. The molecule has 0 unspecified atom stereocenters. The Balaban J connectivity index is 0.00000392. The van der Waals surface area contributed by atoms with Gasteiger partial charge in [0.25, 0.3) is 0 Å². The van der Waals surface area contributed by atoms with Gasteiger partial charge in [0, 0.05) is 25.5 Å². The minimum atomic E-state index is 0. The van der Waals surface area contributed by atoms with E-state index in [4.69, 9.17) is 14.5 Å². The van der Waals surface area contributed by atoms with E-state index in [0.717, 1.165) is 60.6 Å². The highest BCUT2D eigenvalue weighted by Gasteiger charge is 2.09. The molecule has 2 aromatic rings. The number of hydrogen-bond acceptors (Lipinski definition) is 5. The molecule has 0 spiro atoms. The second kappa shape index (κ2) is 12.8. The van der Waals surface area contributed by atoms with Crippen LogP contribution in [0.4, 0.5) is 0 Å². The monoisotopic (exact) mass is 518 g/mol. The summed E-state index contributed by atoms with van der Waals surface area (Å²) in [6.45, 7) is 6.47. The molecule has 0 aliphatic carbocycles. The van der Waals surface area contributed by atoms with Crippen molar-refractivity contribution in [2.45, 2.75) is 33.2 Å². The van der Waals surface area contributed by atoms with Crippen LogP contribution < -0.4 is 14.8 Å². The van der Waals surface area contributed by atoms with Crippen molar-refractivity contribution in [1.29, 1.82) is 0 Å². The van der Waals surface area contributed by atoms with Gasteiger partial charge in [-0.05, 0) is 44.4 Å². The molecular formula is C20H31IN4O2S. The maximum Gasteiger partial charge on any atom is 0.194 e. The van der Waals surface area contributed by atoms with Crippen LogP contribution in [0, 0.1) is 6.92 Å². The molecule has 0 saturated carbocycles. The largest absolute Gasteiger partial charge is 0.493 e. The maximum atomic E-state index is 5.37. The maximum absolute atomic E-state index is 5.37. The second-order valence-corrected chi connectivity index (χ2v) is 7.30. The van der Waals surface area contributed by atoms with Crippen LogP contribution in [-0.4, -0.2) is 50.2 Å². The van der Waals surface area contributed by atoms with Crippen molar-refractivity contribution in [3.05, 3.63) is 39.8 Å². The summed E-state index contributed by atoms with van der Waals surface area (Å²) in [7, 11) is 5.36. The molecule has 1 aromatic heterocycles. The van der Waals surface area contributed by atoms with Gasteiger partial charge in [0.05, 0.1) is 31.5 Å². The molecule has 0 aliphatic rings. The van der Waals surface area contributed by atoms with Crippen molar-refractivity contribution in [2.24, 2.45) is 4.99 Å². The highest BCUT2D eigenvalue weighted by atomic mass is 127. The number of aryl methyl sites for hydroxylation is 2. The van der Waals surface area contributed by atoms with Crippen LogP contribution in [-0.2, 0) is 13.0 Å². The van der Waals surface area contributed by atoms with Crippen LogP contribution in [0.15, 0.2) is 28.6 Å². The Morgan fingerprint density at radius 2 is 2.00 bits per heavy atom. The first-order valence-electron chi connectivity index (χ1n) is 9.18. The van der Waals surface area contributed by atoms with Crippen molar-refractivity contribution in [1.82, 2.24) is 15.2 Å². The fraction of sp³-hybridized carbons (Fsp3) is 0.500. The number of benzene rings is 1. The lowest BCUT2D eigenvalue weighted by molar-refractivity contribution is 0.354. The lowest BCUT2D eigenvalue weighted by atomic mass is 10.1. The van der Waals surface area contributed by atoms with Crippen LogP contribution in [0.25, 0.3) is 0 Å². The number of ether oxygens (including phenoxy) is 2. The number of guanidine groups is 1. The standard InChI is InChI=1S/C20H30N4O2S.HI/c1-6-21-20(24(3)13-17-14-27-15(2)23-17)22-11-7-8-16-9-10-18(25-4)19(12-16)26-5;/h9-10,12,14H,6-8,11,13H2,1-5H3,(H,21,22);1H. The van der Waals surface area contributed by atoms with E-state index < -0.39 is 0 Å². The van der Waals surface area contributed by atoms with Crippen molar-refractivity contribution >= 4 is 41.3 Å². The average molecular weight is 518 g/mol. The highest BCUT2D eigenvalue weighted by molar-refractivity contribution is 14.0. The molecular weight excluding hydrogens is 487 g/mol. The fourth-order valence-electron chi connectivity index (χ4n) is 2.77. The zero-order valence-corrected chi connectivity index (χ0v) is 20.5. The molecule has 1 heterocycles. The third-order valence-corrected chi connectivity index (χ3v) is 4.92. The summed E-state index contributed by atoms with van der Waals surface area (Å²) in [6.07, 6.45) is 1.91. The molecule has 0 atom stereocenters. The van der Waals surface area contributed by atoms with Crippen LogP contribution in [0.1, 0.15) is 29.6 Å². The van der Waals surface area contributed by atoms with Gasteiger partial charge in [0.1, 0.15) is 0 Å². The van der Waals surface area contributed by atoms with E-state index in [1.54, 1.807) is 25.6 Å². The average Bonchev–Trinajstić information content (AvgIpc) is 3.08. The number of rotatable bonds is 9. The predicted molar refractivity (Wildman–Crippen MR) is 128 cm³/mol. The Bertz CT molecular complexity index is 752. The molecule has 1 aromatic carbocycles. The number of halogens is 1. The molecule has 0 radical (unpaired) electrons. The van der Waals surface area contributed by atoms with Crippen LogP contribution in [0.2, 0.25) is 0 Å². The first kappa shape index (κ1) is 24.5. The molecule has 0 saturated heterocycles. The topological polar surface area (TPSA) is 59.0 Å². The van der Waals surface area contributed by atoms with E-state index in [9.17, 15) is 0 Å². The van der Waals surface area contributed by atoms with Gasteiger partial charge in [-0.1, -0.05) is 6.07 Å². The van der Waals surface area contributed by atoms with Crippen molar-refractivity contribution in [3.63, 3.8) is 0 Å². The number of nitrogens with one attached hydrogen (secondary N) is 1. The summed E-state index contributed by atoms with van der Waals surface area (Å²) < 4.78 is 10.7. The highest BCUT2D eigenvalue weighted by Crippen LogP contribution is 2.27. The summed E-state index contributed by atoms with van der Waals surface area (Å²) in [5, 5.41) is 6.55. The van der Waals surface area contributed by atoms with Crippen molar-refractivity contribution in [3.8, 4) is 11.5 Å². The van der Waals surface area contributed by atoms with E-state index >= 15 is 0 Å². The molecule has 1 N–H and O–H groups in total. The molecule has 0 bridgehead atoms. The Morgan fingerprint density at radius 1 is 1.25 bits per heavy atom. The molecule has 0 fully saturated rings. The first-order chi connectivity index (χ1) is 13.1. The van der Waals surface area contributed by atoms with Crippen LogP contribution >= 0.6 is 35.3 Å². The van der Waals surface area contributed by atoms with Gasteiger partial charge in [-0.25, -0.2) is 4.98 Å². The van der Waals surface area contributed by atoms with Crippen molar-refractivity contribution in [2.75, 3.05) is 34.4 Å². The third kappa shape index (κ3) is 7.46. The predicted octanol–water partition coefficient (Wildman–Crippen LogP) is 4.12. The Morgan fingerprint density at radius 3 is 2.61 bits per heavy atom.